The molecule has 2 rings (SSSR count). The van der Waals surface area contributed by atoms with Crippen molar-refractivity contribution in [3.63, 3.8) is 0 Å². The van der Waals surface area contributed by atoms with E-state index in [1.807, 2.05) is 6.92 Å². The Labute approximate surface area is 121 Å². The molecule has 1 aromatic carbocycles. The Hall–Kier alpha value is -0.910. The van der Waals surface area contributed by atoms with Crippen LogP contribution in [-0.4, -0.2) is 30.4 Å². The van der Waals surface area contributed by atoms with Gasteiger partial charge in [0, 0.05) is 12.6 Å². The molecular weight excluding hydrogens is 274 g/mol. The zero-order valence-corrected chi connectivity index (χ0v) is 13.1. The third-order valence-corrected chi connectivity index (χ3v) is 6.18. The summed E-state index contributed by atoms with van der Waals surface area (Å²) in [5.74, 6) is 0.728. The van der Waals surface area contributed by atoms with Crippen LogP contribution in [0.4, 0.5) is 0 Å². The minimum Gasteiger partial charge on any atom is -0.392 e. The first-order valence-electron chi connectivity index (χ1n) is 7.08. The molecule has 112 valence electrons. The van der Waals surface area contributed by atoms with Crippen LogP contribution >= 0.6 is 0 Å². The Morgan fingerprint density at radius 2 is 2.00 bits per heavy atom. The third kappa shape index (κ3) is 2.90. The molecule has 3 unspecified atom stereocenters. The quantitative estimate of drug-likeness (QED) is 0.931. The van der Waals surface area contributed by atoms with Crippen LogP contribution < -0.4 is 0 Å². The van der Waals surface area contributed by atoms with E-state index in [1.165, 1.54) is 0 Å². The van der Waals surface area contributed by atoms with Gasteiger partial charge in [-0.25, -0.2) is 8.42 Å². The largest absolute Gasteiger partial charge is 0.392 e. The van der Waals surface area contributed by atoms with E-state index in [0.29, 0.717) is 23.9 Å². The van der Waals surface area contributed by atoms with Gasteiger partial charge in [-0.15, -0.1) is 0 Å². The van der Waals surface area contributed by atoms with Crippen molar-refractivity contribution in [1.29, 1.82) is 0 Å². The number of sulfonamides is 1. The number of hydrogen-bond donors (Lipinski definition) is 1. The standard InChI is InChI=1S/C15H23NO3S/c1-11-7-12(2)13(3)16(9-11)20(18,19)15-6-4-5-14(8-15)10-17/h4-6,8,11-13,17H,7,9-10H2,1-3H3. The first-order chi connectivity index (χ1) is 9.36. The van der Waals surface area contributed by atoms with E-state index >= 15 is 0 Å². The predicted molar refractivity (Wildman–Crippen MR) is 78.7 cm³/mol. The van der Waals surface area contributed by atoms with Gasteiger partial charge in [0.25, 0.3) is 0 Å². The number of piperidine rings is 1. The van der Waals surface area contributed by atoms with Crippen LogP contribution in [0.25, 0.3) is 0 Å². The lowest BCUT2D eigenvalue weighted by Crippen LogP contribution is -2.48. The molecular formula is C15H23NO3S. The summed E-state index contributed by atoms with van der Waals surface area (Å²) in [4.78, 5) is 0.275. The van der Waals surface area contributed by atoms with E-state index in [9.17, 15) is 8.42 Å². The van der Waals surface area contributed by atoms with Crippen molar-refractivity contribution in [2.75, 3.05) is 6.54 Å². The van der Waals surface area contributed by atoms with E-state index in [4.69, 9.17) is 5.11 Å². The van der Waals surface area contributed by atoms with Crippen molar-refractivity contribution in [1.82, 2.24) is 4.31 Å². The molecule has 1 heterocycles. The van der Waals surface area contributed by atoms with E-state index in [2.05, 4.69) is 13.8 Å². The molecule has 0 bridgehead atoms. The second kappa shape index (κ2) is 5.84. The highest BCUT2D eigenvalue weighted by atomic mass is 32.2. The molecule has 1 saturated heterocycles. The van der Waals surface area contributed by atoms with E-state index in [1.54, 1.807) is 28.6 Å². The average molecular weight is 297 g/mol. The highest BCUT2D eigenvalue weighted by molar-refractivity contribution is 7.89. The van der Waals surface area contributed by atoms with Gasteiger partial charge < -0.3 is 5.11 Å². The molecule has 0 aliphatic carbocycles. The summed E-state index contributed by atoms with van der Waals surface area (Å²) in [5, 5.41) is 9.17. The number of hydrogen-bond acceptors (Lipinski definition) is 3. The normalized spacial score (nSPS) is 28.5. The van der Waals surface area contributed by atoms with Crippen LogP contribution in [-0.2, 0) is 16.6 Å². The molecule has 20 heavy (non-hydrogen) atoms. The summed E-state index contributed by atoms with van der Waals surface area (Å²) in [6, 6.07) is 6.58. The van der Waals surface area contributed by atoms with Crippen LogP contribution in [0.2, 0.25) is 0 Å². The highest BCUT2D eigenvalue weighted by Crippen LogP contribution is 2.31. The van der Waals surface area contributed by atoms with Crippen molar-refractivity contribution < 1.29 is 13.5 Å². The number of rotatable bonds is 3. The topological polar surface area (TPSA) is 57.6 Å². The molecule has 1 aromatic rings. The molecule has 0 amide bonds. The predicted octanol–water partition coefficient (Wildman–Crippen LogP) is 2.23. The summed E-state index contributed by atoms with van der Waals surface area (Å²) in [6.07, 6.45) is 1.06. The molecule has 1 N–H and O–H groups in total. The van der Waals surface area contributed by atoms with Crippen LogP contribution in [0.3, 0.4) is 0 Å². The van der Waals surface area contributed by atoms with Crippen molar-refractivity contribution in [2.45, 2.75) is 44.7 Å². The molecule has 0 aromatic heterocycles. The highest BCUT2D eigenvalue weighted by Gasteiger charge is 2.37. The maximum Gasteiger partial charge on any atom is 0.243 e. The lowest BCUT2D eigenvalue weighted by atomic mass is 9.88. The monoisotopic (exact) mass is 297 g/mol. The fourth-order valence-corrected chi connectivity index (χ4v) is 4.84. The fraction of sp³-hybridized carbons (Fsp3) is 0.600. The molecule has 1 aliphatic rings. The van der Waals surface area contributed by atoms with Gasteiger partial charge in [0.1, 0.15) is 0 Å². The first-order valence-corrected chi connectivity index (χ1v) is 8.52. The second-order valence-corrected chi connectivity index (χ2v) is 7.83. The summed E-state index contributed by atoms with van der Waals surface area (Å²) in [6.45, 7) is 6.59. The van der Waals surface area contributed by atoms with Gasteiger partial charge in [-0.3, -0.25) is 0 Å². The maximum absolute atomic E-state index is 12.8. The summed E-state index contributed by atoms with van der Waals surface area (Å²) < 4.78 is 27.2. The molecule has 1 aliphatic heterocycles. The number of aliphatic hydroxyl groups excluding tert-OH is 1. The Kier molecular flexibility index (Phi) is 4.52. The number of aliphatic hydroxyl groups is 1. The zero-order chi connectivity index (χ0) is 14.9. The summed E-state index contributed by atoms with van der Waals surface area (Å²) >= 11 is 0. The van der Waals surface area contributed by atoms with E-state index < -0.39 is 10.0 Å². The smallest absolute Gasteiger partial charge is 0.243 e. The van der Waals surface area contributed by atoms with Gasteiger partial charge in [-0.2, -0.15) is 4.31 Å². The Morgan fingerprint density at radius 1 is 1.30 bits per heavy atom. The van der Waals surface area contributed by atoms with Gasteiger partial charge in [-0.1, -0.05) is 26.0 Å². The van der Waals surface area contributed by atoms with Gasteiger partial charge in [-0.05, 0) is 42.9 Å². The van der Waals surface area contributed by atoms with E-state index in [0.717, 1.165) is 6.42 Å². The molecule has 0 spiro atoms. The van der Waals surface area contributed by atoms with Gasteiger partial charge in [0.05, 0.1) is 11.5 Å². The van der Waals surface area contributed by atoms with Gasteiger partial charge in [0.15, 0.2) is 0 Å². The average Bonchev–Trinajstić information content (AvgIpc) is 2.42. The van der Waals surface area contributed by atoms with Crippen molar-refractivity contribution >= 4 is 10.0 Å². The van der Waals surface area contributed by atoms with Crippen LogP contribution in [0.15, 0.2) is 29.2 Å². The summed E-state index contributed by atoms with van der Waals surface area (Å²) in [5.41, 5.74) is 0.622. The lowest BCUT2D eigenvalue weighted by Gasteiger charge is -2.40. The molecule has 4 nitrogen and oxygen atoms in total. The minimum atomic E-state index is -3.49. The first kappa shape index (κ1) is 15.5. The summed E-state index contributed by atoms with van der Waals surface area (Å²) in [7, 11) is -3.49. The number of benzene rings is 1. The van der Waals surface area contributed by atoms with Crippen molar-refractivity contribution in [3.05, 3.63) is 29.8 Å². The molecule has 0 radical (unpaired) electrons. The van der Waals surface area contributed by atoms with Crippen LogP contribution in [0.1, 0.15) is 32.8 Å². The Bertz CT molecular complexity index is 570. The Morgan fingerprint density at radius 3 is 2.65 bits per heavy atom. The van der Waals surface area contributed by atoms with Crippen molar-refractivity contribution in [3.8, 4) is 0 Å². The van der Waals surface area contributed by atoms with Gasteiger partial charge in [0.2, 0.25) is 10.0 Å². The molecule has 3 atom stereocenters. The minimum absolute atomic E-state index is 0.00832. The third-order valence-electron chi connectivity index (χ3n) is 4.23. The molecule has 1 fully saturated rings. The van der Waals surface area contributed by atoms with Crippen LogP contribution in [0.5, 0.6) is 0 Å². The SMILES string of the molecule is CC1CC(C)C(C)N(S(=O)(=O)c2cccc(CO)c2)C1. The van der Waals surface area contributed by atoms with Gasteiger partial charge >= 0.3 is 0 Å². The van der Waals surface area contributed by atoms with E-state index in [-0.39, 0.29) is 17.5 Å². The molecule has 0 saturated carbocycles. The zero-order valence-electron chi connectivity index (χ0n) is 12.3. The maximum atomic E-state index is 12.8. The van der Waals surface area contributed by atoms with Crippen LogP contribution in [0, 0.1) is 11.8 Å². The van der Waals surface area contributed by atoms with Crippen molar-refractivity contribution in [2.24, 2.45) is 11.8 Å². The second-order valence-electron chi connectivity index (χ2n) is 5.94. The molecule has 5 heteroatoms. The fourth-order valence-electron chi connectivity index (χ4n) is 2.92. The number of nitrogens with zero attached hydrogens (tertiary/aromatic N) is 1. The lowest BCUT2D eigenvalue weighted by molar-refractivity contribution is 0.157. The Balaban J connectivity index is 2.38.